The van der Waals surface area contributed by atoms with E-state index in [0.29, 0.717) is 0 Å². The molecule has 4 unspecified atom stereocenters. The molecule has 4 aliphatic heterocycles. The van der Waals surface area contributed by atoms with E-state index >= 15 is 0 Å². The largest absolute Gasteiger partial charge is 0.321 e. The Bertz CT molecular complexity index is 348. The molecule has 4 rings (SSSR count). The van der Waals surface area contributed by atoms with Gasteiger partial charge in [0.05, 0.1) is 51.4 Å². The summed E-state index contributed by atoms with van der Waals surface area (Å²) in [5.74, 6) is 0. The van der Waals surface area contributed by atoms with Crippen molar-refractivity contribution in [3.8, 4) is 0 Å². The molecule has 4 saturated heterocycles. The van der Waals surface area contributed by atoms with Gasteiger partial charge in [0, 0.05) is 25.7 Å². The maximum absolute atomic E-state index is 2.60. The molecule has 0 saturated carbocycles. The van der Waals surface area contributed by atoms with Crippen molar-refractivity contribution in [3.05, 3.63) is 0 Å². The molecule has 23 heavy (non-hydrogen) atoms. The zero-order chi connectivity index (χ0) is 15.9. The molecular formula is C21H40N2+2. The van der Waals surface area contributed by atoms with Gasteiger partial charge in [0.15, 0.2) is 0 Å². The summed E-state index contributed by atoms with van der Waals surface area (Å²) in [7, 11) is 5.19. The molecule has 4 aliphatic rings. The first kappa shape index (κ1) is 16.4. The number of hydrogen-bond donors (Lipinski definition) is 0. The smallest absolute Gasteiger partial charge is 0.0892 e. The minimum absolute atomic E-state index is 1.02. The lowest BCUT2D eigenvalue weighted by atomic mass is 9.97. The number of unbranched alkanes of at least 4 members (excludes halogenated alkanes) is 2. The van der Waals surface area contributed by atoms with Gasteiger partial charge in [-0.15, -0.1) is 0 Å². The van der Waals surface area contributed by atoms with E-state index in [9.17, 15) is 0 Å². The van der Waals surface area contributed by atoms with Gasteiger partial charge in [-0.25, -0.2) is 0 Å². The first-order chi connectivity index (χ1) is 11.1. The molecule has 4 fully saturated rings. The highest BCUT2D eigenvalue weighted by atomic mass is 15.4. The number of fused-ring (bicyclic) bond motifs is 4. The highest BCUT2D eigenvalue weighted by Gasteiger charge is 2.49. The highest BCUT2D eigenvalue weighted by molar-refractivity contribution is 4.82. The van der Waals surface area contributed by atoms with Crippen LogP contribution in [0.2, 0.25) is 0 Å². The van der Waals surface area contributed by atoms with E-state index < -0.39 is 0 Å². The van der Waals surface area contributed by atoms with Crippen molar-refractivity contribution in [2.24, 2.45) is 0 Å². The number of piperidine rings is 2. The van der Waals surface area contributed by atoms with Crippen molar-refractivity contribution in [2.75, 3.05) is 27.2 Å². The molecule has 0 aliphatic carbocycles. The molecule has 2 nitrogen and oxygen atoms in total. The Kier molecular flexibility index (Phi) is 4.51. The van der Waals surface area contributed by atoms with Gasteiger partial charge in [-0.2, -0.15) is 0 Å². The van der Waals surface area contributed by atoms with E-state index in [2.05, 4.69) is 14.1 Å². The second kappa shape index (κ2) is 6.33. The van der Waals surface area contributed by atoms with Gasteiger partial charge >= 0.3 is 0 Å². The summed E-state index contributed by atoms with van der Waals surface area (Å²) in [5.41, 5.74) is 0. The first-order valence-electron chi connectivity index (χ1n) is 10.8. The number of rotatable bonds is 6. The standard InChI is InChI=1S/C21H40N2/c1-22(18-8-6-9-19(22)13-12-18)16-4-3-5-17-23(2)20-10-7-11-21(23)15-14-20/h18-21H,3-17H2,1-2H3/q+2. The number of hydrogen-bond acceptors (Lipinski definition) is 0. The Hall–Kier alpha value is -0.0800. The number of quaternary nitrogens is 2. The van der Waals surface area contributed by atoms with Crippen LogP contribution in [0.15, 0.2) is 0 Å². The van der Waals surface area contributed by atoms with Gasteiger partial charge in [0.25, 0.3) is 0 Å². The number of nitrogens with zero attached hydrogens (tertiary/aromatic N) is 2. The Labute approximate surface area is 144 Å². The Morgan fingerprint density at radius 1 is 0.522 bits per heavy atom. The molecule has 0 spiro atoms. The molecular weight excluding hydrogens is 280 g/mol. The van der Waals surface area contributed by atoms with Crippen molar-refractivity contribution in [2.45, 2.75) is 108 Å². The van der Waals surface area contributed by atoms with E-state index in [-0.39, 0.29) is 0 Å². The predicted molar refractivity (Wildman–Crippen MR) is 97.3 cm³/mol. The van der Waals surface area contributed by atoms with Gasteiger partial charge in [0.2, 0.25) is 0 Å². The van der Waals surface area contributed by atoms with Crippen LogP contribution in [0.25, 0.3) is 0 Å². The third-order valence-corrected chi connectivity index (χ3v) is 8.93. The lowest BCUT2D eigenvalue weighted by molar-refractivity contribution is -0.950. The van der Waals surface area contributed by atoms with E-state index in [1.165, 1.54) is 106 Å². The SMILES string of the molecule is C[N+]1(CCCCC[N+]2(C)C3CCCC2CC3)C2CCCC1CC2. The van der Waals surface area contributed by atoms with Gasteiger partial charge < -0.3 is 8.97 Å². The molecule has 0 amide bonds. The normalized spacial score (nSPS) is 48.8. The maximum atomic E-state index is 2.60. The van der Waals surface area contributed by atoms with Crippen LogP contribution in [-0.2, 0) is 0 Å². The summed E-state index contributed by atoms with van der Waals surface area (Å²) in [6, 6.07) is 4.10. The Morgan fingerprint density at radius 3 is 1.22 bits per heavy atom. The summed E-state index contributed by atoms with van der Waals surface area (Å²) in [6.45, 7) is 2.96. The maximum Gasteiger partial charge on any atom is 0.0892 e. The van der Waals surface area contributed by atoms with Crippen LogP contribution in [0, 0.1) is 0 Å². The fourth-order valence-corrected chi connectivity index (χ4v) is 7.29. The zero-order valence-electron chi connectivity index (χ0n) is 15.8. The minimum atomic E-state index is 1.02. The van der Waals surface area contributed by atoms with Crippen LogP contribution < -0.4 is 0 Å². The second-order valence-corrected chi connectivity index (χ2v) is 9.83. The molecule has 4 heterocycles. The molecule has 0 aromatic carbocycles. The topological polar surface area (TPSA) is 0 Å². The third-order valence-electron chi connectivity index (χ3n) is 8.93. The summed E-state index contributed by atoms with van der Waals surface area (Å²) >= 11 is 0. The highest BCUT2D eigenvalue weighted by Crippen LogP contribution is 2.42. The molecule has 0 aromatic rings. The average molecular weight is 321 g/mol. The summed E-state index contributed by atoms with van der Waals surface area (Å²) < 4.78 is 2.91. The van der Waals surface area contributed by atoms with E-state index in [4.69, 9.17) is 0 Å². The summed E-state index contributed by atoms with van der Waals surface area (Å²) in [4.78, 5) is 0. The van der Waals surface area contributed by atoms with E-state index in [0.717, 1.165) is 24.2 Å². The van der Waals surface area contributed by atoms with E-state index in [1.807, 2.05) is 0 Å². The molecule has 0 N–H and O–H groups in total. The van der Waals surface area contributed by atoms with Crippen LogP contribution in [0.4, 0.5) is 0 Å². The van der Waals surface area contributed by atoms with Crippen molar-refractivity contribution in [3.63, 3.8) is 0 Å². The van der Waals surface area contributed by atoms with Gasteiger partial charge in [-0.05, 0) is 57.8 Å². The molecule has 4 atom stereocenters. The van der Waals surface area contributed by atoms with Crippen LogP contribution in [0.1, 0.15) is 83.5 Å². The first-order valence-corrected chi connectivity index (χ1v) is 10.8. The molecule has 132 valence electrons. The molecule has 0 radical (unpaired) electrons. The third kappa shape index (κ3) is 2.78. The van der Waals surface area contributed by atoms with Gasteiger partial charge in [-0.3, -0.25) is 0 Å². The Morgan fingerprint density at radius 2 is 0.870 bits per heavy atom. The fourth-order valence-electron chi connectivity index (χ4n) is 7.29. The van der Waals surface area contributed by atoms with E-state index in [1.54, 1.807) is 0 Å². The van der Waals surface area contributed by atoms with Crippen LogP contribution >= 0.6 is 0 Å². The molecule has 4 bridgehead atoms. The molecule has 2 heteroatoms. The van der Waals surface area contributed by atoms with Gasteiger partial charge in [0.1, 0.15) is 0 Å². The predicted octanol–water partition coefficient (Wildman–Crippen LogP) is 4.48. The lowest BCUT2D eigenvalue weighted by Gasteiger charge is -2.45. The van der Waals surface area contributed by atoms with Gasteiger partial charge in [-0.1, -0.05) is 0 Å². The molecule has 0 aromatic heterocycles. The van der Waals surface area contributed by atoms with Crippen LogP contribution in [0.5, 0.6) is 0 Å². The van der Waals surface area contributed by atoms with Crippen molar-refractivity contribution in [1.82, 2.24) is 0 Å². The second-order valence-electron chi connectivity index (χ2n) is 9.83. The summed E-state index contributed by atoms with van der Waals surface area (Å²) in [6.07, 6.45) is 19.7. The van der Waals surface area contributed by atoms with Crippen LogP contribution in [0.3, 0.4) is 0 Å². The lowest BCUT2D eigenvalue weighted by Crippen LogP contribution is -2.56. The minimum Gasteiger partial charge on any atom is -0.321 e. The van der Waals surface area contributed by atoms with Crippen molar-refractivity contribution in [1.29, 1.82) is 0 Å². The zero-order valence-corrected chi connectivity index (χ0v) is 15.8. The quantitative estimate of drug-likeness (QED) is 0.500. The van der Waals surface area contributed by atoms with Crippen molar-refractivity contribution < 1.29 is 8.97 Å². The Balaban J connectivity index is 1.22. The van der Waals surface area contributed by atoms with Crippen molar-refractivity contribution >= 4 is 0 Å². The fraction of sp³-hybridized carbons (Fsp3) is 1.00. The summed E-state index contributed by atoms with van der Waals surface area (Å²) in [5, 5.41) is 0. The average Bonchev–Trinajstić information content (AvgIpc) is 2.86. The van der Waals surface area contributed by atoms with Crippen LogP contribution in [-0.4, -0.2) is 60.3 Å². The monoisotopic (exact) mass is 320 g/mol.